The average Bonchev–Trinajstić information content (AvgIpc) is 3.92. The molecule has 3 aromatic heterocycles. The molecule has 0 aliphatic carbocycles. The molecule has 8 heteroatoms. The summed E-state index contributed by atoms with van der Waals surface area (Å²) in [5.41, 5.74) is 12.7. The maximum Gasteiger partial charge on any atom is 0.165 e. The topological polar surface area (TPSA) is 120 Å². The normalized spacial score (nSPS) is 11.2. The molecule has 8 nitrogen and oxygen atoms in total. The third-order valence-electron chi connectivity index (χ3n) is 12.7. The second-order valence-electron chi connectivity index (χ2n) is 16.5. The molecule has 12 aromatic rings. The van der Waals surface area contributed by atoms with Crippen LogP contribution in [0.25, 0.3) is 111 Å². The maximum absolute atomic E-state index is 11.3. The van der Waals surface area contributed by atoms with Crippen molar-refractivity contribution in [3.8, 4) is 86.0 Å². The number of rotatable bonds is 7. The second kappa shape index (κ2) is 16.2. The van der Waals surface area contributed by atoms with Crippen LogP contribution in [0.4, 0.5) is 0 Å². The molecule has 0 bridgehead atoms. The first-order chi connectivity index (χ1) is 33.6. The van der Waals surface area contributed by atoms with E-state index in [0.29, 0.717) is 39.7 Å². The van der Waals surface area contributed by atoms with E-state index in [9.17, 15) is 15.8 Å². The van der Waals surface area contributed by atoms with E-state index in [1.807, 2.05) is 140 Å². The molecule has 0 unspecified atom stereocenters. The Labute approximate surface area is 390 Å². The largest absolute Gasteiger partial charge is 0.307 e. The van der Waals surface area contributed by atoms with Crippen molar-refractivity contribution in [2.75, 3.05) is 0 Å². The van der Waals surface area contributed by atoms with Crippen molar-refractivity contribution >= 4 is 43.6 Å². The number of hydrogen-bond donors (Lipinski definition) is 0. The van der Waals surface area contributed by atoms with Gasteiger partial charge in [-0.25, -0.2) is 15.0 Å². The summed E-state index contributed by atoms with van der Waals surface area (Å²) in [7, 11) is 0. The molecule has 0 atom stereocenters. The molecule has 0 spiro atoms. The third-order valence-corrected chi connectivity index (χ3v) is 12.7. The first-order valence-electron chi connectivity index (χ1n) is 22.1. The van der Waals surface area contributed by atoms with E-state index in [0.717, 1.165) is 88.4 Å². The highest BCUT2D eigenvalue weighted by Crippen LogP contribution is 2.43. The summed E-state index contributed by atoms with van der Waals surface area (Å²) in [5, 5.41) is 35.5. The van der Waals surface area contributed by atoms with Gasteiger partial charge < -0.3 is 9.13 Å². The summed E-state index contributed by atoms with van der Waals surface area (Å²) >= 11 is 0. The number of nitrogens with zero attached hydrogens (tertiary/aromatic N) is 8. The van der Waals surface area contributed by atoms with E-state index in [4.69, 9.17) is 15.0 Å². The SMILES string of the molecule is N#Cc1ccccc1-c1ccc2c(c1)c1ccccc1n2-c1cc(C#N)c(-c2nc(-c3ccccc3)nc(-c3ccccc3)n2)cc1-n1c2ccccc2c2cc(-c3ccccc3C#N)ccc21. The number of aromatic nitrogens is 5. The maximum atomic E-state index is 11.3. The molecule has 0 N–H and O–H groups in total. The predicted molar refractivity (Wildman–Crippen MR) is 270 cm³/mol. The number of para-hydroxylation sites is 2. The number of hydrogen-bond acceptors (Lipinski definition) is 6. The van der Waals surface area contributed by atoms with Crippen molar-refractivity contribution in [1.29, 1.82) is 15.8 Å². The fourth-order valence-corrected chi connectivity index (χ4v) is 9.61. The van der Waals surface area contributed by atoms with Crippen LogP contribution in [0.2, 0.25) is 0 Å². The summed E-state index contributed by atoms with van der Waals surface area (Å²) in [6, 6.07) is 75.6. The van der Waals surface area contributed by atoms with Crippen LogP contribution < -0.4 is 0 Å². The zero-order valence-electron chi connectivity index (χ0n) is 36.2. The highest BCUT2D eigenvalue weighted by Gasteiger charge is 2.25. The molecule has 0 aliphatic heterocycles. The van der Waals surface area contributed by atoms with Crippen LogP contribution in [-0.2, 0) is 0 Å². The molecule has 0 saturated carbocycles. The van der Waals surface area contributed by atoms with Crippen LogP contribution in [0.1, 0.15) is 16.7 Å². The van der Waals surface area contributed by atoms with Gasteiger partial charge in [-0.2, -0.15) is 15.8 Å². The van der Waals surface area contributed by atoms with Crippen LogP contribution in [-0.4, -0.2) is 24.1 Å². The molecule has 12 rings (SSSR count). The molecule has 3 heterocycles. The van der Waals surface area contributed by atoms with Gasteiger partial charge in [-0.1, -0.05) is 146 Å². The van der Waals surface area contributed by atoms with Gasteiger partial charge in [0.15, 0.2) is 17.5 Å². The van der Waals surface area contributed by atoms with Crippen molar-refractivity contribution in [3.05, 3.63) is 223 Å². The Morgan fingerprint density at radius 2 is 0.691 bits per heavy atom. The van der Waals surface area contributed by atoms with Crippen LogP contribution in [0, 0.1) is 34.0 Å². The van der Waals surface area contributed by atoms with Crippen molar-refractivity contribution in [1.82, 2.24) is 24.1 Å². The Bertz CT molecular complexity index is 4070. The summed E-state index contributed by atoms with van der Waals surface area (Å²) in [6.45, 7) is 0. The molecule has 0 saturated heterocycles. The van der Waals surface area contributed by atoms with Crippen LogP contribution in [0.15, 0.2) is 206 Å². The Balaban J connectivity index is 1.19. The molecule has 0 amide bonds. The number of fused-ring (bicyclic) bond motifs is 6. The van der Waals surface area contributed by atoms with Crippen molar-refractivity contribution in [2.24, 2.45) is 0 Å². The molecule has 68 heavy (non-hydrogen) atoms. The summed E-state index contributed by atoms with van der Waals surface area (Å²) in [5.74, 6) is 1.34. The summed E-state index contributed by atoms with van der Waals surface area (Å²) in [4.78, 5) is 15.2. The molecular formula is C60H34N8. The fraction of sp³-hybridized carbons (Fsp3) is 0. The Kier molecular flexibility index (Phi) is 9.47. The zero-order chi connectivity index (χ0) is 45.7. The molecule has 0 fully saturated rings. The molecule has 314 valence electrons. The Morgan fingerprint density at radius 1 is 0.294 bits per heavy atom. The highest BCUT2D eigenvalue weighted by molar-refractivity contribution is 6.13. The van der Waals surface area contributed by atoms with Crippen molar-refractivity contribution < 1.29 is 0 Å². The lowest BCUT2D eigenvalue weighted by molar-refractivity contribution is 1.06. The fourth-order valence-electron chi connectivity index (χ4n) is 9.61. The Hall–Kier alpha value is -9.94. The van der Waals surface area contributed by atoms with Gasteiger partial charge in [-0.3, -0.25) is 0 Å². The molecule has 0 radical (unpaired) electrons. The third kappa shape index (κ3) is 6.47. The van der Waals surface area contributed by atoms with E-state index >= 15 is 0 Å². The predicted octanol–water partition coefficient (Wildman–Crippen LogP) is 14.0. The highest BCUT2D eigenvalue weighted by atomic mass is 15.1. The van der Waals surface area contributed by atoms with Gasteiger partial charge in [0.25, 0.3) is 0 Å². The van der Waals surface area contributed by atoms with Crippen LogP contribution in [0.3, 0.4) is 0 Å². The standard InChI is InChI=1S/C60H34N8/c61-35-42-19-7-9-21-45(42)40-27-29-54-50(31-40)47-23-11-13-25-52(47)67(54)56-33-44(37-63)49(60-65-58(38-15-3-1-4-16-38)64-59(66-60)39-17-5-2-6-18-39)34-57(56)68-53-26-14-12-24-48(53)51-32-41(28-30-55(51)68)46-22-10-8-20-43(46)36-62/h1-34H. The minimum atomic E-state index is 0.362. The van der Waals surface area contributed by atoms with Gasteiger partial charge in [-0.15, -0.1) is 0 Å². The first kappa shape index (κ1) is 39.6. The monoisotopic (exact) mass is 866 g/mol. The first-order valence-corrected chi connectivity index (χ1v) is 22.1. The van der Waals surface area contributed by atoms with E-state index in [1.165, 1.54) is 0 Å². The lowest BCUT2D eigenvalue weighted by Crippen LogP contribution is -2.07. The zero-order valence-corrected chi connectivity index (χ0v) is 36.2. The van der Waals surface area contributed by atoms with Gasteiger partial charge in [-0.05, 0) is 82.9 Å². The van der Waals surface area contributed by atoms with E-state index in [-0.39, 0.29) is 0 Å². The number of nitriles is 3. The van der Waals surface area contributed by atoms with Crippen LogP contribution in [0.5, 0.6) is 0 Å². The second-order valence-corrected chi connectivity index (χ2v) is 16.5. The minimum Gasteiger partial charge on any atom is -0.307 e. The van der Waals surface area contributed by atoms with Crippen LogP contribution >= 0.6 is 0 Å². The van der Waals surface area contributed by atoms with Gasteiger partial charge in [0.1, 0.15) is 0 Å². The number of benzene rings is 9. The van der Waals surface area contributed by atoms with Crippen molar-refractivity contribution in [2.45, 2.75) is 0 Å². The van der Waals surface area contributed by atoms with Gasteiger partial charge in [0.05, 0.1) is 68.3 Å². The van der Waals surface area contributed by atoms with E-state index in [2.05, 4.69) is 94.1 Å². The minimum absolute atomic E-state index is 0.362. The van der Waals surface area contributed by atoms with E-state index < -0.39 is 0 Å². The molecular weight excluding hydrogens is 833 g/mol. The van der Waals surface area contributed by atoms with Crippen molar-refractivity contribution in [3.63, 3.8) is 0 Å². The summed E-state index contributed by atoms with van der Waals surface area (Å²) < 4.78 is 4.50. The average molecular weight is 867 g/mol. The van der Waals surface area contributed by atoms with E-state index in [1.54, 1.807) is 0 Å². The quantitative estimate of drug-likeness (QED) is 0.157. The molecule has 9 aromatic carbocycles. The lowest BCUT2D eigenvalue weighted by atomic mass is 9.98. The summed E-state index contributed by atoms with van der Waals surface area (Å²) in [6.07, 6.45) is 0. The smallest absolute Gasteiger partial charge is 0.165 e. The van der Waals surface area contributed by atoms with Gasteiger partial charge >= 0.3 is 0 Å². The Morgan fingerprint density at radius 3 is 1.18 bits per heavy atom. The van der Waals surface area contributed by atoms with Gasteiger partial charge in [0.2, 0.25) is 0 Å². The lowest BCUT2D eigenvalue weighted by Gasteiger charge is -2.19. The van der Waals surface area contributed by atoms with Gasteiger partial charge in [0, 0.05) is 38.2 Å². The molecule has 0 aliphatic rings.